The van der Waals surface area contributed by atoms with E-state index in [0.717, 1.165) is 19.3 Å². The Labute approximate surface area is 120 Å². The average Bonchev–Trinajstić information content (AvgIpc) is 2.92. The third-order valence-corrected chi connectivity index (χ3v) is 3.12. The maximum Gasteiger partial charge on any atom is 0.287 e. The highest BCUT2D eigenvalue weighted by molar-refractivity contribution is 5.95. The van der Waals surface area contributed by atoms with Crippen molar-refractivity contribution in [3.05, 3.63) is 24.2 Å². The van der Waals surface area contributed by atoms with E-state index in [9.17, 15) is 9.59 Å². The molecule has 1 aromatic heterocycles. The third kappa shape index (κ3) is 5.47. The van der Waals surface area contributed by atoms with Gasteiger partial charge in [-0.05, 0) is 32.4 Å². The molecule has 1 aromatic rings. The number of rotatable bonds is 8. The quantitative estimate of drug-likeness (QED) is 0.719. The van der Waals surface area contributed by atoms with Gasteiger partial charge in [-0.1, -0.05) is 26.2 Å². The number of hydrogen-bond donors (Lipinski definition) is 2. The van der Waals surface area contributed by atoms with E-state index >= 15 is 0 Å². The number of furan rings is 1. The predicted molar refractivity (Wildman–Crippen MR) is 77.4 cm³/mol. The Morgan fingerprint density at radius 1 is 1.25 bits per heavy atom. The lowest BCUT2D eigenvalue weighted by molar-refractivity contribution is -0.123. The van der Waals surface area contributed by atoms with Crippen LogP contribution in [-0.2, 0) is 4.79 Å². The highest BCUT2D eigenvalue weighted by Crippen LogP contribution is 2.04. The molecule has 0 aliphatic rings. The Morgan fingerprint density at radius 3 is 2.60 bits per heavy atom. The summed E-state index contributed by atoms with van der Waals surface area (Å²) in [5.74, 6) is -0.342. The molecule has 0 bridgehead atoms. The number of amides is 2. The lowest BCUT2D eigenvalue weighted by Crippen LogP contribution is -2.47. The summed E-state index contributed by atoms with van der Waals surface area (Å²) >= 11 is 0. The summed E-state index contributed by atoms with van der Waals surface area (Å²) < 4.78 is 4.98. The minimum absolute atomic E-state index is 0.122. The molecule has 5 heteroatoms. The second-order valence-corrected chi connectivity index (χ2v) is 5.08. The number of carbonyl (C=O) groups is 2. The van der Waals surface area contributed by atoms with Crippen molar-refractivity contribution in [3.8, 4) is 0 Å². The summed E-state index contributed by atoms with van der Waals surface area (Å²) in [6.45, 7) is 5.79. The van der Waals surface area contributed by atoms with E-state index in [1.54, 1.807) is 19.1 Å². The van der Waals surface area contributed by atoms with E-state index in [-0.39, 0.29) is 23.6 Å². The van der Waals surface area contributed by atoms with Crippen molar-refractivity contribution in [2.45, 2.75) is 58.5 Å². The zero-order chi connectivity index (χ0) is 15.0. The van der Waals surface area contributed by atoms with Crippen LogP contribution in [0.1, 0.15) is 57.0 Å². The van der Waals surface area contributed by atoms with E-state index in [0.29, 0.717) is 0 Å². The second-order valence-electron chi connectivity index (χ2n) is 5.08. The van der Waals surface area contributed by atoms with Crippen molar-refractivity contribution >= 4 is 11.8 Å². The van der Waals surface area contributed by atoms with Gasteiger partial charge < -0.3 is 15.1 Å². The fourth-order valence-electron chi connectivity index (χ4n) is 1.88. The van der Waals surface area contributed by atoms with E-state index < -0.39 is 6.04 Å². The maximum absolute atomic E-state index is 11.9. The van der Waals surface area contributed by atoms with Crippen LogP contribution in [0.15, 0.2) is 22.8 Å². The summed E-state index contributed by atoms with van der Waals surface area (Å²) in [4.78, 5) is 23.7. The van der Waals surface area contributed by atoms with Crippen LogP contribution < -0.4 is 10.6 Å². The van der Waals surface area contributed by atoms with Gasteiger partial charge in [0.1, 0.15) is 6.04 Å². The molecule has 0 radical (unpaired) electrons. The fraction of sp³-hybridized carbons (Fsp3) is 0.600. The van der Waals surface area contributed by atoms with E-state index in [1.807, 2.05) is 6.92 Å². The van der Waals surface area contributed by atoms with Crippen LogP contribution in [0.2, 0.25) is 0 Å². The van der Waals surface area contributed by atoms with Gasteiger partial charge in [-0.3, -0.25) is 9.59 Å². The van der Waals surface area contributed by atoms with Gasteiger partial charge in [-0.2, -0.15) is 0 Å². The monoisotopic (exact) mass is 280 g/mol. The molecule has 1 heterocycles. The number of nitrogens with one attached hydrogen (secondary N) is 2. The van der Waals surface area contributed by atoms with Gasteiger partial charge in [0.25, 0.3) is 5.91 Å². The molecule has 0 aromatic carbocycles. The van der Waals surface area contributed by atoms with Crippen LogP contribution in [0, 0.1) is 0 Å². The molecule has 0 aliphatic carbocycles. The molecule has 2 amide bonds. The van der Waals surface area contributed by atoms with Crippen molar-refractivity contribution in [1.29, 1.82) is 0 Å². The Kier molecular flexibility index (Phi) is 6.84. The molecule has 0 aliphatic heterocycles. The first-order valence-electron chi connectivity index (χ1n) is 7.19. The molecular weight excluding hydrogens is 256 g/mol. The Balaban J connectivity index is 2.33. The van der Waals surface area contributed by atoms with Crippen LogP contribution in [0.4, 0.5) is 0 Å². The van der Waals surface area contributed by atoms with Crippen molar-refractivity contribution in [1.82, 2.24) is 10.6 Å². The molecule has 0 unspecified atom stereocenters. The molecular formula is C15H24N2O3. The third-order valence-electron chi connectivity index (χ3n) is 3.12. The molecule has 1 rings (SSSR count). The maximum atomic E-state index is 11.9. The first-order valence-corrected chi connectivity index (χ1v) is 7.19. The smallest absolute Gasteiger partial charge is 0.287 e. The summed E-state index contributed by atoms with van der Waals surface area (Å²) in [5.41, 5.74) is 0. The molecule has 20 heavy (non-hydrogen) atoms. The molecule has 0 fully saturated rings. The largest absolute Gasteiger partial charge is 0.459 e. The van der Waals surface area contributed by atoms with Gasteiger partial charge in [0.05, 0.1) is 6.26 Å². The van der Waals surface area contributed by atoms with Gasteiger partial charge in [0, 0.05) is 6.04 Å². The van der Waals surface area contributed by atoms with Crippen LogP contribution in [0.25, 0.3) is 0 Å². The zero-order valence-corrected chi connectivity index (χ0v) is 12.4. The van der Waals surface area contributed by atoms with Gasteiger partial charge in [-0.25, -0.2) is 0 Å². The molecule has 112 valence electrons. The fourth-order valence-corrected chi connectivity index (χ4v) is 1.88. The van der Waals surface area contributed by atoms with Crippen molar-refractivity contribution in [2.24, 2.45) is 0 Å². The summed E-state index contributed by atoms with van der Waals surface area (Å²) in [6.07, 6.45) is 5.82. The Bertz CT molecular complexity index is 415. The highest BCUT2D eigenvalue weighted by atomic mass is 16.3. The molecule has 0 saturated heterocycles. The van der Waals surface area contributed by atoms with Gasteiger partial charge in [-0.15, -0.1) is 0 Å². The topological polar surface area (TPSA) is 71.3 Å². The normalized spacial score (nSPS) is 13.6. The summed E-state index contributed by atoms with van der Waals surface area (Å²) in [5, 5.41) is 5.51. The average molecular weight is 280 g/mol. The molecule has 0 saturated carbocycles. The standard InChI is InChI=1S/C15H24N2O3/c1-4-5-6-8-11(2)16-14(18)12(3)17-15(19)13-9-7-10-20-13/h7,9-12H,4-6,8H2,1-3H3,(H,16,18)(H,17,19)/t11-,12+/m0/s1. The number of carbonyl (C=O) groups excluding carboxylic acids is 2. The summed E-state index contributed by atoms with van der Waals surface area (Å²) in [7, 11) is 0. The SMILES string of the molecule is CCCCC[C@H](C)NC(=O)[C@@H](C)NC(=O)c1ccco1. The van der Waals surface area contributed by atoms with Crippen LogP contribution in [0.5, 0.6) is 0 Å². The van der Waals surface area contributed by atoms with Crippen LogP contribution in [-0.4, -0.2) is 23.9 Å². The van der Waals surface area contributed by atoms with Crippen molar-refractivity contribution in [2.75, 3.05) is 0 Å². The van der Waals surface area contributed by atoms with Gasteiger partial charge in [0.2, 0.25) is 5.91 Å². The van der Waals surface area contributed by atoms with Crippen LogP contribution in [0.3, 0.4) is 0 Å². The minimum Gasteiger partial charge on any atom is -0.459 e. The van der Waals surface area contributed by atoms with Crippen LogP contribution >= 0.6 is 0 Å². The Hall–Kier alpha value is -1.78. The summed E-state index contributed by atoms with van der Waals surface area (Å²) in [6, 6.07) is 2.74. The number of unbranched alkanes of at least 4 members (excludes halogenated alkanes) is 2. The zero-order valence-electron chi connectivity index (χ0n) is 12.4. The molecule has 5 nitrogen and oxygen atoms in total. The minimum atomic E-state index is -0.582. The first kappa shape index (κ1) is 16.3. The Morgan fingerprint density at radius 2 is 2.00 bits per heavy atom. The van der Waals surface area contributed by atoms with Crippen molar-refractivity contribution in [3.63, 3.8) is 0 Å². The number of hydrogen-bond acceptors (Lipinski definition) is 3. The van der Waals surface area contributed by atoms with Gasteiger partial charge >= 0.3 is 0 Å². The van der Waals surface area contributed by atoms with E-state index in [2.05, 4.69) is 17.6 Å². The lowest BCUT2D eigenvalue weighted by atomic mass is 10.1. The molecule has 2 atom stereocenters. The highest BCUT2D eigenvalue weighted by Gasteiger charge is 2.19. The van der Waals surface area contributed by atoms with E-state index in [4.69, 9.17) is 4.42 Å². The molecule has 0 spiro atoms. The first-order chi connectivity index (χ1) is 9.54. The lowest BCUT2D eigenvalue weighted by Gasteiger charge is -2.18. The van der Waals surface area contributed by atoms with Gasteiger partial charge in [0.15, 0.2) is 5.76 Å². The molecule has 2 N–H and O–H groups in total. The predicted octanol–water partition coefficient (Wildman–Crippen LogP) is 2.48. The van der Waals surface area contributed by atoms with Crippen molar-refractivity contribution < 1.29 is 14.0 Å². The van der Waals surface area contributed by atoms with E-state index in [1.165, 1.54) is 12.7 Å². The second kappa shape index (κ2) is 8.40.